The molecule has 4 heteroatoms. The highest BCUT2D eigenvalue weighted by atomic mass is 35.5. The molecule has 1 N–H and O–H groups in total. The quantitative estimate of drug-likeness (QED) is 0.769. The molecule has 1 aromatic rings. The predicted octanol–water partition coefficient (Wildman–Crippen LogP) is 3.77. The summed E-state index contributed by atoms with van der Waals surface area (Å²) >= 11 is 11.7. The molecule has 0 radical (unpaired) electrons. The van der Waals surface area contributed by atoms with Gasteiger partial charge in [-0.1, -0.05) is 23.2 Å². The van der Waals surface area contributed by atoms with Crippen LogP contribution in [0.5, 0.6) is 0 Å². The molecule has 0 atom stereocenters. The van der Waals surface area contributed by atoms with Crippen molar-refractivity contribution < 1.29 is 0 Å². The highest BCUT2D eigenvalue weighted by Gasteiger charge is 2.01. The average Bonchev–Trinajstić information content (AvgIpc) is 1.97. The van der Waals surface area contributed by atoms with Crippen molar-refractivity contribution in [2.24, 2.45) is 0 Å². The third-order valence-electron chi connectivity index (χ3n) is 1.52. The van der Waals surface area contributed by atoms with Crippen LogP contribution in [0.1, 0.15) is 5.56 Å². The highest BCUT2D eigenvalue weighted by molar-refractivity contribution is 6.36. The van der Waals surface area contributed by atoms with Crippen molar-refractivity contribution in [1.29, 1.82) is 0 Å². The van der Waals surface area contributed by atoms with Gasteiger partial charge in [0.15, 0.2) is 0 Å². The number of anilines is 1. The molecule has 0 bridgehead atoms. The van der Waals surface area contributed by atoms with Crippen LogP contribution >= 0.6 is 35.6 Å². The molecule has 0 saturated carbocycles. The lowest BCUT2D eigenvalue weighted by atomic mass is 10.2. The van der Waals surface area contributed by atoms with Gasteiger partial charge in [-0.2, -0.15) is 0 Å². The van der Waals surface area contributed by atoms with Gasteiger partial charge in [-0.3, -0.25) is 0 Å². The van der Waals surface area contributed by atoms with Gasteiger partial charge in [-0.25, -0.2) is 0 Å². The number of hydrogen-bond donors (Lipinski definition) is 1. The Hall–Kier alpha value is -0.110. The topological polar surface area (TPSA) is 12.0 Å². The molecule has 0 aliphatic heterocycles. The largest absolute Gasteiger partial charge is 0.387 e. The van der Waals surface area contributed by atoms with Crippen molar-refractivity contribution in [3.05, 3.63) is 27.7 Å². The second kappa shape index (κ2) is 4.80. The molecule has 0 aromatic heterocycles. The zero-order valence-corrected chi connectivity index (χ0v) is 9.15. The van der Waals surface area contributed by atoms with Crippen molar-refractivity contribution >= 4 is 41.3 Å². The average molecular weight is 227 g/mol. The van der Waals surface area contributed by atoms with Crippen LogP contribution in [0, 0.1) is 6.92 Å². The molecular weight excluding hydrogens is 216 g/mol. The van der Waals surface area contributed by atoms with Gasteiger partial charge in [0.05, 0.1) is 10.7 Å². The molecule has 1 aromatic carbocycles. The van der Waals surface area contributed by atoms with E-state index in [-0.39, 0.29) is 12.4 Å². The van der Waals surface area contributed by atoms with Crippen molar-refractivity contribution in [3.8, 4) is 0 Å². The molecule has 0 unspecified atom stereocenters. The van der Waals surface area contributed by atoms with E-state index in [1.54, 1.807) is 6.07 Å². The Bertz CT molecular complexity index is 273. The zero-order chi connectivity index (χ0) is 8.43. The lowest BCUT2D eigenvalue weighted by Crippen LogP contribution is -1.89. The Kier molecular flexibility index (Phi) is 4.76. The van der Waals surface area contributed by atoms with Crippen LogP contribution in [0.15, 0.2) is 12.1 Å². The summed E-state index contributed by atoms with van der Waals surface area (Å²) in [7, 11) is 1.83. The number of hydrogen-bond acceptors (Lipinski definition) is 1. The number of aryl methyl sites for hydroxylation is 1. The smallest absolute Gasteiger partial charge is 0.0652 e. The number of rotatable bonds is 1. The van der Waals surface area contributed by atoms with Crippen LogP contribution in [-0.4, -0.2) is 7.05 Å². The SMILES string of the molecule is CNc1cc(C)c(Cl)cc1Cl.Cl. The lowest BCUT2D eigenvalue weighted by molar-refractivity contribution is 1.43. The maximum Gasteiger partial charge on any atom is 0.0652 e. The monoisotopic (exact) mass is 225 g/mol. The third-order valence-corrected chi connectivity index (χ3v) is 2.24. The Morgan fingerprint density at radius 3 is 2.25 bits per heavy atom. The van der Waals surface area contributed by atoms with Crippen LogP contribution in [0.25, 0.3) is 0 Å². The first-order valence-electron chi connectivity index (χ1n) is 3.28. The molecule has 1 nitrogen and oxygen atoms in total. The van der Waals surface area contributed by atoms with E-state index in [0.29, 0.717) is 10.0 Å². The Morgan fingerprint density at radius 2 is 1.75 bits per heavy atom. The van der Waals surface area contributed by atoms with Crippen LogP contribution in [0.4, 0.5) is 5.69 Å². The molecule has 0 aliphatic rings. The summed E-state index contributed by atoms with van der Waals surface area (Å²) in [5, 5.41) is 4.33. The van der Waals surface area contributed by atoms with E-state index in [0.717, 1.165) is 11.3 Å². The lowest BCUT2D eigenvalue weighted by Gasteiger charge is -2.05. The fourth-order valence-corrected chi connectivity index (χ4v) is 1.33. The van der Waals surface area contributed by atoms with Gasteiger partial charge in [0.25, 0.3) is 0 Å². The van der Waals surface area contributed by atoms with E-state index in [2.05, 4.69) is 5.32 Å². The molecular formula is C8H10Cl3N. The van der Waals surface area contributed by atoms with Crippen LogP contribution in [0.3, 0.4) is 0 Å². The summed E-state index contributed by atoms with van der Waals surface area (Å²) in [6, 6.07) is 3.66. The molecule has 0 fully saturated rings. The first-order chi connectivity index (χ1) is 5.15. The van der Waals surface area contributed by atoms with Gasteiger partial charge < -0.3 is 5.32 Å². The standard InChI is InChI=1S/C8H9Cl2N.ClH/c1-5-3-8(11-2)7(10)4-6(5)9;/h3-4,11H,1-2H3;1H. The van der Waals surface area contributed by atoms with Gasteiger partial charge in [0, 0.05) is 12.1 Å². The molecule has 0 aliphatic carbocycles. The summed E-state index contributed by atoms with van der Waals surface area (Å²) in [6.45, 7) is 1.94. The maximum atomic E-state index is 5.85. The molecule has 12 heavy (non-hydrogen) atoms. The maximum absolute atomic E-state index is 5.85. The van der Waals surface area contributed by atoms with Crippen LogP contribution in [0.2, 0.25) is 10.0 Å². The first kappa shape index (κ1) is 11.9. The van der Waals surface area contributed by atoms with E-state index in [4.69, 9.17) is 23.2 Å². The van der Waals surface area contributed by atoms with Crippen LogP contribution < -0.4 is 5.32 Å². The fourth-order valence-electron chi connectivity index (χ4n) is 0.849. The number of halogens is 3. The Morgan fingerprint density at radius 1 is 1.17 bits per heavy atom. The minimum absolute atomic E-state index is 0. The fraction of sp³-hybridized carbons (Fsp3) is 0.250. The first-order valence-corrected chi connectivity index (χ1v) is 4.04. The molecule has 0 spiro atoms. The van der Waals surface area contributed by atoms with E-state index >= 15 is 0 Å². The highest BCUT2D eigenvalue weighted by Crippen LogP contribution is 2.27. The van der Waals surface area contributed by atoms with Gasteiger partial charge >= 0.3 is 0 Å². The van der Waals surface area contributed by atoms with E-state index in [1.165, 1.54) is 0 Å². The van der Waals surface area contributed by atoms with Crippen molar-refractivity contribution in [3.63, 3.8) is 0 Å². The van der Waals surface area contributed by atoms with Crippen molar-refractivity contribution in [1.82, 2.24) is 0 Å². The van der Waals surface area contributed by atoms with E-state index in [1.807, 2.05) is 20.0 Å². The van der Waals surface area contributed by atoms with Gasteiger partial charge in [0.1, 0.15) is 0 Å². The summed E-state index contributed by atoms with van der Waals surface area (Å²) in [5.74, 6) is 0. The second-order valence-electron chi connectivity index (χ2n) is 2.33. The summed E-state index contributed by atoms with van der Waals surface area (Å²) in [6.07, 6.45) is 0. The predicted molar refractivity (Wildman–Crippen MR) is 58.0 cm³/mol. The molecule has 1 rings (SSSR count). The summed E-state index contributed by atoms with van der Waals surface area (Å²) in [5.41, 5.74) is 1.94. The molecule has 68 valence electrons. The van der Waals surface area contributed by atoms with Crippen LogP contribution in [-0.2, 0) is 0 Å². The Labute approximate surface area is 88.5 Å². The summed E-state index contributed by atoms with van der Waals surface area (Å²) < 4.78 is 0. The molecule has 0 amide bonds. The van der Waals surface area contributed by atoms with Crippen molar-refractivity contribution in [2.75, 3.05) is 12.4 Å². The zero-order valence-electron chi connectivity index (χ0n) is 6.82. The van der Waals surface area contributed by atoms with Gasteiger partial charge in [0.2, 0.25) is 0 Å². The number of nitrogens with one attached hydrogen (secondary N) is 1. The van der Waals surface area contributed by atoms with E-state index < -0.39 is 0 Å². The van der Waals surface area contributed by atoms with Gasteiger partial charge in [-0.15, -0.1) is 12.4 Å². The normalized spacial score (nSPS) is 9.00. The minimum atomic E-state index is 0. The second-order valence-corrected chi connectivity index (χ2v) is 3.15. The summed E-state index contributed by atoms with van der Waals surface area (Å²) in [4.78, 5) is 0. The molecule has 0 saturated heterocycles. The van der Waals surface area contributed by atoms with E-state index in [9.17, 15) is 0 Å². The third kappa shape index (κ3) is 2.44. The van der Waals surface area contributed by atoms with Gasteiger partial charge in [-0.05, 0) is 24.6 Å². The number of benzene rings is 1. The Balaban J connectivity index is 0.00000121. The molecule has 0 heterocycles. The minimum Gasteiger partial charge on any atom is -0.387 e. The van der Waals surface area contributed by atoms with Crippen molar-refractivity contribution in [2.45, 2.75) is 6.92 Å².